The van der Waals surface area contributed by atoms with Crippen LogP contribution in [0.4, 0.5) is 0 Å². The van der Waals surface area contributed by atoms with Gasteiger partial charge in [-0.3, -0.25) is 0 Å². The molecular weight excluding hydrogens is 204 g/mol. The van der Waals surface area contributed by atoms with Crippen molar-refractivity contribution in [1.82, 2.24) is 4.31 Å². The Kier molecular flexibility index (Phi) is 3.09. The molecule has 0 aliphatic carbocycles. The van der Waals surface area contributed by atoms with E-state index in [9.17, 15) is 13.2 Å². The largest absolute Gasteiger partial charge is 0.332 e. The zero-order chi connectivity index (χ0) is 10.8. The van der Waals surface area contributed by atoms with Crippen LogP contribution in [0, 0.1) is 5.41 Å². The van der Waals surface area contributed by atoms with Crippen molar-refractivity contribution in [2.75, 3.05) is 13.1 Å². The van der Waals surface area contributed by atoms with Crippen LogP contribution in [0.3, 0.4) is 0 Å². The molecule has 0 amide bonds. The van der Waals surface area contributed by atoms with Crippen molar-refractivity contribution in [1.29, 1.82) is 0 Å². The summed E-state index contributed by atoms with van der Waals surface area (Å²) in [5, 5.41) is 0. The molecule has 1 fully saturated rings. The molecule has 0 unspecified atom stereocenters. The van der Waals surface area contributed by atoms with E-state index in [0.29, 0.717) is 13.1 Å². The van der Waals surface area contributed by atoms with Gasteiger partial charge in [-0.1, -0.05) is 18.2 Å². The number of nitrogens with zero attached hydrogens (tertiary/aromatic N) is 2. The van der Waals surface area contributed by atoms with Gasteiger partial charge in [0.15, 0.2) is 0 Å². The Morgan fingerprint density at radius 1 is 1.29 bits per heavy atom. The summed E-state index contributed by atoms with van der Waals surface area (Å²) in [7, 11) is -3.75. The highest BCUT2D eigenvalue weighted by atomic mass is 32.2. The topological polar surface area (TPSA) is 66.8 Å². The van der Waals surface area contributed by atoms with E-state index in [1.54, 1.807) is 0 Å². The summed E-state index contributed by atoms with van der Waals surface area (Å²) < 4.78 is 26.6. The van der Waals surface area contributed by atoms with Crippen LogP contribution in [0.1, 0.15) is 26.7 Å². The second kappa shape index (κ2) is 3.81. The van der Waals surface area contributed by atoms with Crippen molar-refractivity contribution in [3.63, 3.8) is 0 Å². The van der Waals surface area contributed by atoms with E-state index in [2.05, 4.69) is 18.2 Å². The van der Waals surface area contributed by atoms with Gasteiger partial charge in [0.2, 0.25) is 0 Å². The van der Waals surface area contributed by atoms with Crippen molar-refractivity contribution in [2.24, 2.45) is 9.81 Å². The van der Waals surface area contributed by atoms with E-state index < -0.39 is 10.2 Å². The predicted octanol–water partition coefficient (Wildman–Crippen LogP) is 0.689. The number of isocyanates is 1. The number of piperidine rings is 1. The zero-order valence-corrected chi connectivity index (χ0v) is 9.17. The fourth-order valence-corrected chi connectivity index (χ4v) is 2.28. The molecule has 0 spiro atoms. The maximum atomic E-state index is 11.3. The lowest BCUT2D eigenvalue weighted by molar-refractivity contribution is 0.196. The Bertz CT molecular complexity index is 345. The van der Waals surface area contributed by atoms with Crippen LogP contribution in [0.25, 0.3) is 0 Å². The van der Waals surface area contributed by atoms with Crippen LogP contribution in [0.5, 0.6) is 0 Å². The Morgan fingerprint density at radius 3 is 2.21 bits per heavy atom. The molecule has 0 atom stereocenters. The fraction of sp³-hybridized carbons (Fsp3) is 0.875. The van der Waals surface area contributed by atoms with Gasteiger partial charge in [-0.2, -0.15) is 12.7 Å². The van der Waals surface area contributed by atoms with E-state index in [-0.39, 0.29) is 5.41 Å². The van der Waals surface area contributed by atoms with E-state index >= 15 is 0 Å². The average Bonchev–Trinajstić information content (AvgIpc) is 2.03. The molecule has 0 aromatic rings. The van der Waals surface area contributed by atoms with Gasteiger partial charge in [0.05, 0.1) is 0 Å². The molecule has 0 bridgehead atoms. The second-order valence-electron chi connectivity index (χ2n) is 4.22. The van der Waals surface area contributed by atoms with Crippen LogP contribution in [-0.4, -0.2) is 31.9 Å². The van der Waals surface area contributed by atoms with E-state index in [1.165, 1.54) is 4.31 Å². The molecule has 1 aliphatic rings. The van der Waals surface area contributed by atoms with Crippen molar-refractivity contribution in [3.8, 4) is 0 Å². The number of hydrogen-bond acceptors (Lipinski definition) is 3. The molecular formula is C8H14N2O3S. The lowest BCUT2D eigenvalue weighted by atomic mass is 9.83. The molecule has 6 heteroatoms. The first-order chi connectivity index (χ1) is 6.37. The first kappa shape index (κ1) is 11.4. The second-order valence-corrected chi connectivity index (χ2v) is 5.82. The third kappa shape index (κ3) is 2.64. The molecule has 1 saturated heterocycles. The van der Waals surface area contributed by atoms with Crippen LogP contribution < -0.4 is 0 Å². The van der Waals surface area contributed by atoms with Crippen molar-refractivity contribution in [2.45, 2.75) is 26.7 Å². The summed E-state index contributed by atoms with van der Waals surface area (Å²) in [5.74, 6) is 0. The van der Waals surface area contributed by atoms with Crippen molar-refractivity contribution in [3.05, 3.63) is 0 Å². The molecule has 14 heavy (non-hydrogen) atoms. The van der Waals surface area contributed by atoms with Gasteiger partial charge in [-0.15, -0.1) is 0 Å². The molecule has 0 radical (unpaired) electrons. The van der Waals surface area contributed by atoms with Crippen LogP contribution in [0.15, 0.2) is 4.40 Å². The Hall–Kier alpha value is -0.710. The van der Waals surface area contributed by atoms with E-state index in [4.69, 9.17) is 0 Å². The van der Waals surface area contributed by atoms with Crippen molar-refractivity contribution < 1.29 is 13.2 Å². The summed E-state index contributed by atoms with van der Waals surface area (Å²) >= 11 is 0. The summed E-state index contributed by atoms with van der Waals surface area (Å²) in [5.41, 5.74) is 0.177. The normalized spacial score (nSPS) is 22.7. The molecule has 1 aliphatic heterocycles. The molecule has 1 rings (SSSR count). The summed E-state index contributed by atoms with van der Waals surface area (Å²) in [6.45, 7) is 5.06. The standard InChI is InChI=1S/C8H14N2O3S/c1-8(2)3-5-10(6-4-8)14(12,13)9-7-11/h3-6H2,1-2H3. The first-order valence-corrected chi connectivity index (χ1v) is 5.86. The lowest BCUT2D eigenvalue weighted by Crippen LogP contribution is -2.40. The first-order valence-electron chi connectivity index (χ1n) is 4.47. The summed E-state index contributed by atoms with van der Waals surface area (Å²) in [6, 6.07) is 0. The van der Waals surface area contributed by atoms with Gasteiger partial charge < -0.3 is 0 Å². The highest BCUT2D eigenvalue weighted by Crippen LogP contribution is 2.30. The van der Waals surface area contributed by atoms with Crippen LogP contribution >= 0.6 is 0 Å². The summed E-state index contributed by atoms with van der Waals surface area (Å²) in [4.78, 5) is 9.89. The quantitative estimate of drug-likeness (QED) is 0.506. The predicted molar refractivity (Wildman–Crippen MR) is 51.6 cm³/mol. The van der Waals surface area contributed by atoms with Gasteiger partial charge in [0, 0.05) is 13.1 Å². The number of rotatable bonds is 2. The van der Waals surface area contributed by atoms with Gasteiger partial charge >= 0.3 is 10.2 Å². The van der Waals surface area contributed by atoms with E-state index in [0.717, 1.165) is 18.9 Å². The van der Waals surface area contributed by atoms with Gasteiger partial charge in [0.25, 0.3) is 6.08 Å². The minimum absolute atomic E-state index is 0.177. The highest BCUT2D eigenvalue weighted by molar-refractivity contribution is 7.87. The number of carbonyl (C=O) groups excluding carboxylic acids is 1. The minimum Gasteiger partial charge on any atom is -0.210 e. The molecule has 0 saturated carbocycles. The van der Waals surface area contributed by atoms with Crippen LogP contribution in [-0.2, 0) is 15.0 Å². The zero-order valence-electron chi connectivity index (χ0n) is 8.36. The average molecular weight is 218 g/mol. The minimum atomic E-state index is -3.75. The summed E-state index contributed by atoms with van der Waals surface area (Å²) in [6.07, 6.45) is 2.66. The maximum absolute atomic E-state index is 11.3. The third-order valence-corrected chi connectivity index (χ3v) is 3.88. The Morgan fingerprint density at radius 2 is 1.79 bits per heavy atom. The molecule has 0 aromatic carbocycles. The van der Waals surface area contributed by atoms with Gasteiger partial charge in [0.1, 0.15) is 0 Å². The third-order valence-electron chi connectivity index (χ3n) is 2.55. The molecule has 0 aromatic heterocycles. The number of hydrogen-bond donors (Lipinski definition) is 0. The smallest absolute Gasteiger partial charge is 0.210 e. The molecule has 5 nitrogen and oxygen atoms in total. The lowest BCUT2D eigenvalue weighted by Gasteiger charge is -2.34. The molecule has 80 valence electrons. The van der Waals surface area contributed by atoms with Gasteiger partial charge in [-0.25, -0.2) is 4.79 Å². The highest BCUT2D eigenvalue weighted by Gasteiger charge is 2.31. The fourth-order valence-electron chi connectivity index (χ4n) is 1.43. The van der Waals surface area contributed by atoms with E-state index in [1.807, 2.05) is 0 Å². The molecule has 0 N–H and O–H groups in total. The monoisotopic (exact) mass is 218 g/mol. The SMILES string of the molecule is CC1(C)CCN(S(=O)(=O)N=C=O)CC1. The maximum Gasteiger partial charge on any atom is 0.332 e. The molecule has 1 heterocycles. The Labute approximate surface area is 84.0 Å². The van der Waals surface area contributed by atoms with Crippen LogP contribution in [0.2, 0.25) is 0 Å². The van der Waals surface area contributed by atoms with Gasteiger partial charge in [-0.05, 0) is 18.3 Å². The van der Waals surface area contributed by atoms with Crippen molar-refractivity contribution >= 4 is 16.3 Å². The Balaban J connectivity index is 2.72.